The summed E-state index contributed by atoms with van der Waals surface area (Å²) in [6.07, 6.45) is 2.04. The number of rotatable bonds is 4. The van der Waals surface area contributed by atoms with Gasteiger partial charge in [-0.3, -0.25) is 13.9 Å². The first-order chi connectivity index (χ1) is 9.82. The van der Waals surface area contributed by atoms with Crippen LogP contribution in [0.3, 0.4) is 0 Å². The lowest BCUT2D eigenvalue weighted by atomic mass is 10.2. The summed E-state index contributed by atoms with van der Waals surface area (Å²) in [7, 11) is -3.93. The predicted octanol–water partition coefficient (Wildman–Crippen LogP) is -0.169. The van der Waals surface area contributed by atoms with E-state index in [4.69, 9.17) is 5.73 Å². The molecule has 1 heterocycles. The van der Waals surface area contributed by atoms with Crippen molar-refractivity contribution >= 4 is 21.8 Å². The van der Waals surface area contributed by atoms with E-state index in [-0.39, 0.29) is 11.3 Å². The van der Waals surface area contributed by atoms with E-state index in [0.717, 1.165) is 9.87 Å². The van der Waals surface area contributed by atoms with Gasteiger partial charge in [0.1, 0.15) is 6.04 Å². The Morgan fingerprint density at radius 3 is 2.52 bits per heavy atom. The van der Waals surface area contributed by atoms with E-state index in [1.165, 1.54) is 24.5 Å². The molecule has 1 aliphatic rings. The Bertz CT molecular complexity index is 695. The predicted molar refractivity (Wildman–Crippen MR) is 75.1 cm³/mol. The Hall–Kier alpha value is -2.35. The summed E-state index contributed by atoms with van der Waals surface area (Å²) in [5, 5.41) is 2.37. The third kappa shape index (κ3) is 3.05. The molecule has 2 amide bonds. The van der Waals surface area contributed by atoms with Gasteiger partial charge in [0.2, 0.25) is 11.8 Å². The third-order valence-corrected chi connectivity index (χ3v) is 4.85. The van der Waals surface area contributed by atoms with Gasteiger partial charge in [-0.2, -0.15) is 0 Å². The monoisotopic (exact) mass is 309 g/mol. The molecule has 0 aliphatic carbocycles. The number of hydrogen-bond acceptors (Lipinski definition) is 4. The van der Waals surface area contributed by atoms with Gasteiger partial charge >= 0.3 is 0 Å². The normalized spacial score (nSPS) is 18.4. The van der Waals surface area contributed by atoms with Crippen LogP contribution in [0.2, 0.25) is 0 Å². The van der Waals surface area contributed by atoms with Gasteiger partial charge < -0.3 is 11.1 Å². The number of nitrogens with two attached hydrogens (primary N) is 1. The van der Waals surface area contributed by atoms with Crippen LogP contribution in [0.5, 0.6) is 0 Å². The molecule has 7 nitrogen and oxygen atoms in total. The molecule has 8 heteroatoms. The first-order valence-corrected chi connectivity index (χ1v) is 7.62. The van der Waals surface area contributed by atoms with Crippen LogP contribution in [0.1, 0.15) is 12.0 Å². The van der Waals surface area contributed by atoms with Crippen molar-refractivity contribution in [1.82, 2.24) is 9.62 Å². The van der Waals surface area contributed by atoms with Crippen LogP contribution in [-0.2, 0) is 19.6 Å². The van der Waals surface area contributed by atoms with Gasteiger partial charge in [0.25, 0.3) is 10.0 Å². The lowest BCUT2D eigenvalue weighted by Crippen LogP contribution is -2.50. The van der Waals surface area contributed by atoms with Gasteiger partial charge in [0.15, 0.2) is 0 Å². The van der Waals surface area contributed by atoms with Crippen LogP contribution in [0.15, 0.2) is 41.6 Å². The van der Waals surface area contributed by atoms with Crippen LogP contribution in [0.25, 0.3) is 0 Å². The molecule has 1 aromatic rings. The number of sulfonamides is 1. The Kier molecular flexibility index (Phi) is 3.99. The highest BCUT2D eigenvalue weighted by Gasteiger charge is 2.36. The first-order valence-electron chi connectivity index (χ1n) is 6.18. The number of amides is 2. The minimum absolute atomic E-state index is 0.0434. The van der Waals surface area contributed by atoms with Gasteiger partial charge in [0.05, 0.1) is 11.3 Å². The zero-order valence-electron chi connectivity index (χ0n) is 11.3. The van der Waals surface area contributed by atoms with Crippen molar-refractivity contribution in [3.63, 3.8) is 0 Å². The standard InChI is InChI=1S/C13H15N3O4S/c1-9-2-4-10(5-3-9)21(19,20)16-7-6-15-13(18)11(16)8-12(14)17/h2-7,11H,8H2,1H3,(H2,14,17)(H,15,18)/t11-/m1/s1. The highest BCUT2D eigenvalue weighted by atomic mass is 32.2. The number of nitrogens with zero attached hydrogens (tertiary/aromatic N) is 1. The summed E-state index contributed by atoms with van der Waals surface area (Å²) in [6.45, 7) is 1.83. The van der Waals surface area contributed by atoms with E-state index in [1.807, 2.05) is 6.92 Å². The first kappa shape index (κ1) is 15.0. The van der Waals surface area contributed by atoms with Crippen LogP contribution in [-0.4, -0.2) is 30.6 Å². The molecule has 3 N–H and O–H groups in total. The van der Waals surface area contributed by atoms with Crippen molar-refractivity contribution in [3.8, 4) is 0 Å². The molecule has 1 aromatic carbocycles. The van der Waals surface area contributed by atoms with E-state index in [9.17, 15) is 18.0 Å². The van der Waals surface area contributed by atoms with Crippen LogP contribution in [0.4, 0.5) is 0 Å². The van der Waals surface area contributed by atoms with Crippen molar-refractivity contribution in [2.75, 3.05) is 0 Å². The number of hydrogen-bond donors (Lipinski definition) is 2. The number of aryl methyl sites for hydroxylation is 1. The average molecular weight is 309 g/mol. The fraction of sp³-hybridized carbons (Fsp3) is 0.231. The smallest absolute Gasteiger partial charge is 0.264 e. The molecular formula is C13H15N3O4S. The molecule has 0 aromatic heterocycles. The Morgan fingerprint density at radius 2 is 1.95 bits per heavy atom. The van der Waals surface area contributed by atoms with Gasteiger partial charge in [-0.15, -0.1) is 0 Å². The average Bonchev–Trinajstić information content (AvgIpc) is 2.41. The summed E-state index contributed by atoms with van der Waals surface area (Å²) < 4.78 is 26.0. The number of primary amides is 1. The Morgan fingerprint density at radius 1 is 1.33 bits per heavy atom. The van der Waals surface area contributed by atoms with Crippen molar-refractivity contribution in [2.24, 2.45) is 5.73 Å². The van der Waals surface area contributed by atoms with Crippen LogP contribution >= 0.6 is 0 Å². The summed E-state index contributed by atoms with van der Waals surface area (Å²) in [4.78, 5) is 22.9. The van der Waals surface area contributed by atoms with E-state index < -0.39 is 27.9 Å². The second-order valence-corrected chi connectivity index (χ2v) is 6.50. The topological polar surface area (TPSA) is 110 Å². The molecule has 21 heavy (non-hydrogen) atoms. The highest BCUT2D eigenvalue weighted by Crippen LogP contribution is 2.22. The molecule has 0 unspecified atom stereocenters. The fourth-order valence-electron chi connectivity index (χ4n) is 1.96. The minimum Gasteiger partial charge on any atom is -0.370 e. The van der Waals surface area contributed by atoms with Crippen molar-refractivity contribution in [1.29, 1.82) is 0 Å². The summed E-state index contributed by atoms with van der Waals surface area (Å²) >= 11 is 0. The maximum Gasteiger partial charge on any atom is 0.264 e. The van der Waals surface area contributed by atoms with Crippen molar-refractivity contribution in [2.45, 2.75) is 24.3 Å². The molecule has 0 saturated carbocycles. The minimum atomic E-state index is -3.93. The van der Waals surface area contributed by atoms with Crippen molar-refractivity contribution < 1.29 is 18.0 Å². The third-order valence-electron chi connectivity index (χ3n) is 3.05. The van der Waals surface area contributed by atoms with E-state index in [0.29, 0.717) is 0 Å². The molecular weight excluding hydrogens is 294 g/mol. The van der Waals surface area contributed by atoms with Gasteiger partial charge in [-0.05, 0) is 19.1 Å². The van der Waals surface area contributed by atoms with E-state index >= 15 is 0 Å². The number of nitrogens with one attached hydrogen (secondary N) is 1. The molecule has 0 bridgehead atoms. The zero-order chi connectivity index (χ0) is 15.6. The molecule has 2 rings (SSSR count). The summed E-state index contributed by atoms with van der Waals surface area (Å²) in [5.41, 5.74) is 6.00. The van der Waals surface area contributed by atoms with Gasteiger partial charge in [0, 0.05) is 12.4 Å². The van der Waals surface area contributed by atoms with Gasteiger partial charge in [-0.1, -0.05) is 17.7 Å². The Labute approximate surface area is 122 Å². The zero-order valence-corrected chi connectivity index (χ0v) is 12.1. The van der Waals surface area contributed by atoms with E-state index in [1.54, 1.807) is 12.1 Å². The quantitative estimate of drug-likeness (QED) is 0.804. The molecule has 1 atom stereocenters. The van der Waals surface area contributed by atoms with Crippen LogP contribution < -0.4 is 11.1 Å². The van der Waals surface area contributed by atoms with E-state index in [2.05, 4.69) is 5.32 Å². The maximum atomic E-state index is 12.6. The lowest BCUT2D eigenvalue weighted by Gasteiger charge is -2.30. The van der Waals surface area contributed by atoms with Crippen LogP contribution in [0, 0.1) is 6.92 Å². The largest absolute Gasteiger partial charge is 0.370 e. The fourth-order valence-corrected chi connectivity index (χ4v) is 3.41. The SMILES string of the molecule is Cc1ccc(S(=O)(=O)N2C=CNC(=O)[C@H]2CC(N)=O)cc1. The second-order valence-electron chi connectivity index (χ2n) is 4.66. The highest BCUT2D eigenvalue weighted by molar-refractivity contribution is 7.89. The number of carbonyl (C=O) groups excluding carboxylic acids is 2. The summed E-state index contributed by atoms with van der Waals surface area (Å²) in [6, 6.07) is 5.03. The van der Waals surface area contributed by atoms with Crippen molar-refractivity contribution in [3.05, 3.63) is 42.2 Å². The van der Waals surface area contributed by atoms with Gasteiger partial charge in [-0.25, -0.2) is 8.42 Å². The Balaban J connectivity index is 2.43. The number of carbonyl (C=O) groups is 2. The molecule has 112 valence electrons. The summed E-state index contributed by atoms with van der Waals surface area (Å²) in [5.74, 6) is -1.35. The second kappa shape index (κ2) is 5.57. The number of benzene rings is 1. The maximum absolute atomic E-state index is 12.6. The molecule has 0 fully saturated rings. The molecule has 0 radical (unpaired) electrons. The molecule has 0 saturated heterocycles. The molecule has 0 spiro atoms. The molecule has 1 aliphatic heterocycles. The lowest BCUT2D eigenvalue weighted by molar-refractivity contribution is -0.128.